The van der Waals surface area contributed by atoms with Gasteiger partial charge in [-0.3, -0.25) is 14.4 Å². The maximum absolute atomic E-state index is 13.2. The van der Waals surface area contributed by atoms with E-state index in [0.717, 1.165) is 64.2 Å². The largest absolute Gasteiger partial charge is 0.396 e. The molecule has 0 saturated carbocycles. The Morgan fingerprint density at radius 1 is 1.21 bits per heavy atom. The van der Waals surface area contributed by atoms with Crippen molar-refractivity contribution in [1.82, 2.24) is 24.5 Å². The normalized spacial score (nSPS) is 24.9. The minimum atomic E-state index is 0.0905. The lowest BCUT2D eigenvalue weighted by Crippen LogP contribution is -2.57. The first-order chi connectivity index (χ1) is 13.4. The number of aliphatic hydroxyl groups is 1. The van der Waals surface area contributed by atoms with Crippen molar-refractivity contribution in [3.05, 3.63) is 17.5 Å². The van der Waals surface area contributed by atoms with Gasteiger partial charge in [-0.05, 0) is 44.2 Å². The van der Waals surface area contributed by atoms with Gasteiger partial charge in [0.1, 0.15) is 5.69 Å². The number of carbonyl (C=O) groups excluding carboxylic acids is 1. The number of likely N-dealkylation sites (tertiary alicyclic amines) is 1. The fourth-order valence-corrected chi connectivity index (χ4v) is 4.61. The Hall–Kier alpha value is -1.44. The molecular weight excluding hydrogens is 354 g/mol. The standard InChI is InChI=1S/C21H37N5O2/c1-16(2)18-14-20(24(4)22-18)21(28)26-8-7-19(17(15-26)6-5-13-27)25-11-9-23(3)10-12-25/h14,16-17,19,27H,5-13,15H2,1-4H3/t17-,19+/m1/s1. The summed E-state index contributed by atoms with van der Waals surface area (Å²) in [6, 6.07) is 2.46. The lowest BCUT2D eigenvalue weighted by molar-refractivity contribution is 0.0213. The van der Waals surface area contributed by atoms with Crippen molar-refractivity contribution in [3.63, 3.8) is 0 Å². The maximum atomic E-state index is 13.2. The van der Waals surface area contributed by atoms with Crippen LogP contribution in [0, 0.1) is 5.92 Å². The lowest BCUT2D eigenvalue weighted by atomic mass is 9.86. The van der Waals surface area contributed by atoms with Gasteiger partial charge in [-0.15, -0.1) is 0 Å². The van der Waals surface area contributed by atoms with Gasteiger partial charge >= 0.3 is 0 Å². The number of likely N-dealkylation sites (N-methyl/N-ethyl adjacent to an activating group) is 1. The average molecular weight is 392 g/mol. The lowest BCUT2D eigenvalue weighted by Gasteiger charge is -2.46. The zero-order valence-electron chi connectivity index (χ0n) is 18.0. The second-order valence-corrected chi connectivity index (χ2v) is 8.81. The summed E-state index contributed by atoms with van der Waals surface area (Å²) in [5.41, 5.74) is 1.65. The molecule has 0 spiro atoms. The molecule has 1 aromatic heterocycles. The van der Waals surface area contributed by atoms with Crippen LogP contribution < -0.4 is 0 Å². The van der Waals surface area contributed by atoms with Crippen LogP contribution in [0.2, 0.25) is 0 Å². The van der Waals surface area contributed by atoms with Crippen molar-refractivity contribution in [3.8, 4) is 0 Å². The molecule has 158 valence electrons. The summed E-state index contributed by atoms with van der Waals surface area (Å²) in [5.74, 6) is 0.826. The van der Waals surface area contributed by atoms with Crippen LogP contribution in [-0.2, 0) is 7.05 Å². The van der Waals surface area contributed by atoms with Gasteiger partial charge in [-0.1, -0.05) is 13.8 Å². The Balaban J connectivity index is 1.70. The van der Waals surface area contributed by atoms with Gasteiger partial charge in [-0.2, -0.15) is 5.10 Å². The molecule has 2 fully saturated rings. The molecule has 0 unspecified atom stereocenters. The Morgan fingerprint density at radius 2 is 1.93 bits per heavy atom. The van der Waals surface area contributed by atoms with Crippen LogP contribution in [0.3, 0.4) is 0 Å². The number of carbonyl (C=O) groups is 1. The highest BCUT2D eigenvalue weighted by Gasteiger charge is 2.36. The molecule has 2 atom stereocenters. The molecule has 2 saturated heterocycles. The van der Waals surface area contributed by atoms with Gasteiger partial charge in [0.2, 0.25) is 0 Å². The van der Waals surface area contributed by atoms with E-state index < -0.39 is 0 Å². The summed E-state index contributed by atoms with van der Waals surface area (Å²) in [4.78, 5) is 20.2. The van der Waals surface area contributed by atoms with Crippen LogP contribution in [-0.4, -0.2) is 94.5 Å². The number of hydrogen-bond donors (Lipinski definition) is 1. The van der Waals surface area contributed by atoms with Crippen LogP contribution in [0.25, 0.3) is 0 Å². The molecule has 0 radical (unpaired) electrons. The van der Waals surface area contributed by atoms with Gasteiger partial charge in [0.15, 0.2) is 0 Å². The number of rotatable bonds is 6. The zero-order valence-corrected chi connectivity index (χ0v) is 18.0. The summed E-state index contributed by atoms with van der Waals surface area (Å²) >= 11 is 0. The predicted molar refractivity (Wildman–Crippen MR) is 110 cm³/mol. The smallest absolute Gasteiger partial charge is 0.272 e. The molecule has 3 rings (SSSR count). The van der Waals surface area contributed by atoms with Gasteiger partial charge in [0.25, 0.3) is 5.91 Å². The van der Waals surface area contributed by atoms with E-state index in [1.807, 2.05) is 18.0 Å². The number of hydrogen-bond acceptors (Lipinski definition) is 5. The Labute approximate surface area is 169 Å². The number of piperazine rings is 1. The van der Waals surface area contributed by atoms with E-state index >= 15 is 0 Å². The quantitative estimate of drug-likeness (QED) is 0.794. The molecule has 2 aliphatic rings. The molecule has 3 heterocycles. The second-order valence-electron chi connectivity index (χ2n) is 8.81. The fraction of sp³-hybridized carbons (Fsp3) is 0.810. The van der Waals surface area contributed by atoms with E-state index in [1.165, 1.54) is 0 Å². The molecular formula is C21H37N5O2. The fourth-order valence-electron chi connectivity index (χ4n) is 4.61. The number of aromatic nitrogens is 2. The van der Waals surface area contributed by atoms with Gasteiger partial charge in [0, 0.05) is 59.0 Å². The predicted octanol–water partition coefficient (Wildman–Crippen LogP) is 1.39. The molecule has 1 aromatic rings. The second kappa shape index (κ2) is 9.37. The van der Waals surface area contributed by atoms with Crippen LogP contribution in [0.15, 0.2) is 6.07 Å². The minimum Gasteiger partial charge on any atom is -0.396 e. The molecule has 7 heteroatoms. The third kappa shape index (κ3) is 4.75. The van der Waals surface area contributed by atoms with E-state index in [-0.39, 0.29) is 12.5 Å². The summed E-state index contributed by atoms with van der Waals surface area (Å²) in [7, 11) is 4.04. The van der Waals surface area contributed by atoms with Crippen LogP contribution in [0.1, 0.15) is 55.2 Å². The maximum Gasteiger partial charge on any atom is 0.272 e. The number of amides is 1. The molecule has 0 aromatic carbocycles. The minimum absolute atomic E-state index is 0.0905. The van der Waals surface area contributed by atoms with E-state index in [9.17, 15) is 9.90 Å². The SMILES string of the molecule is CC(C)c1cc(C(=O)N2CC[C@H](N3CCN(C)CC3)[C@H](CCCO)C2)n(C)n1. The Morgan fingerprint density at radius 3 is 2.54 bits per heavy atom. The van der Waals surface area contributed by atoms with Crippen LogP contribution in [0.4, 0.5) is 0 Å². The molecule has 1 N–H and O–H groups in total. The monoisotopic (exact) mass is 391 g/mol. The van der Waals surface area contributed by atoms with Gasteiger partial charge in [0.05, 0.1) is 5.69 Å². The first-order valence-corrected chi connectivity index (χ1v) is 10.8. The molecule has 2 aliphatic heterocycles. The summed E-state index contributed by atoms with van der Waals surface area (Å²) in [6.07, 6.45) is 2.79. The summed E-state index contributed by atoms with van der Waals surface area (Å²) in [5, 5.41) is 13.9. The first-order valence-electron chi connectivity index (χ1n) is 10.8. The van der Waals surface area contributed by atoms with Crippen molar-refractivity contribution in [2.75, 3.05) is 52.9 Å². The van der Waals surface area contributed by atoms with E-state index in [0.29, 0.717) is 23.6 Å². The van der Waals surface area contributed by atoms with Crippen molar-refractivity contribution in [1.29, 1.82) is 0 Å². The molecule has 7 nitrogen and oxygen atoms in total. The van der Waals surface area contributed by atoms with Crippen molar-refractivity contribution >= 4 is 5.91 Å². The highest BCUT2D eigenvalue weighted by Crippen LogP contribution is 2.28. The average Bonchev–Trinajstić information content (AvgIpc) is 3.08. The third-order valence-electron chi connectivity index (χ3n) is 6.43. The van der Waals surface area contributed by atoms with Crippen LogP contribution >= 0.6 is 0 Å². The zero-order chi connectivity index (χ0) is 20.3. The number of aliphatic hydroxyl groups excluding tert-OH is 1. The van der Waals surface area contributed by atoms with Gasteiger partial charge in [-0.25, -0.2) is 0 Å². The van der Waals surface area contributed by atoms with Crippen molar-refractivity contribution < 1.29 is 9.90 Å². The highest BCUT2D eigenvalue weighted by atomic mass is 16.3. The molecule has 28 heavy (non-hydrogen) atoms. The van der Waals surface area contributed by atoms with E-state index in [1.54, 1.807) is 4.68 Å². The number of piperidine rings is 1. The van der Waals surface area contributed by atoms with Crippen molar-refractivity contribution in [2.45, 2.75) is 45.1 Å². The van der Waals surface area contributed by atoms with E-state index in [2.05, 4.69) is 35.8 Å². The van der Waals surface area contributed by atoms with Crippen molar-refractivity contribution in [2.24, 2.45) is 13.0 Å². The third-order valence-corrected chi connectivity index (χ3v) is 6.43. The Bertz CT molecular complexity index is 651. The first kappa shape index (κ1) is 21.3. The molecule has 0 bridgehead atoms. The van der Waals surface area contributed by atoms with Gasteiger partial charge < -0.3 is 14.9 Å². The van der Waals surface area contributed by atoms with E-state index in [4.69, 9.17) is 0 Å². The summed E-state index contributed by atoms with van der Waals surface area (Å²) < 4.78 is 1.73. The van der Waals surface area contributed by atoms with Crippen LogP contribution in [0.5, 0.6) is 0 Å². The highest BCUT2D eigenvalue weighted by molar-refractivity contribution is 5.92. The number of aryl methyl sites for hydroxylation is 1. The summed E-state index contributed by atoms with van der Waals surface area (Å²) in [6.45, 7) is 10.4. The Kier molecular flexibility index (Phi) is 7.12. The molecule has 1 amide bonds. The number of nitrogens with zero attached hydrogens (tertiary/aromatic N) is 5. The topological polar surface area (TPSA) is 64.8 Å². The molecule has 0 aliphatic carbocycles.